The number of sulfonamides is 1. The Hall–Kier alpha value is -2.18. The third-order valence-corrected chi connectivity index (χ3v) is 4.81. The van der Waals surface area contributed by atoms with Crippen molar-refractivity contribution in [1.82, 2.24) is 4.72 Å². The summed E-state index contributed by atoms with van der Waals surface area (Å²) in [6.45, 7) is 1.86. The van der Waals surface area contributed by atoms with Crippen molar-refractivity contribution < 1.29 is 18.3 Å². The summed E-state index contributed by atoms with van der Waals surface area (Å²) in [6, 6.07) is 13.9. The summed E-state index contributed by atoms with van der Waals surface area (Å²) in [5, 5.41) is 8.90. The number of carboxylic acid groups (broad SMARTS) is 1. The van der Waals surface area contributed by atoms with Gasteiger partial charge in [0.2, 0.25) is 10.0 Å². The zero-order valence-corrected chi connectivity index (χ0v) is 12.9. The minimum absolute atomic E-state index is 0.171. The quantitative estimate of drug-likeness (QED) is 0.857. The first-order valence-electron chi connectivity index (χ1n) is 6.84. The van der Waals surface area contributed by atoms with Gasteiger partial charge in [0.1, 0.15) is 0 Å². The van der Waals surface area contributed by atoms with Crippen LogP contribution in [-0.2, 0) is 10.0 Å². The van der Waals surface area contributed by atoms with Crippen LogP contribution in [0.2, 0.25) is 0 Å². The SMILES string of the molecule is CCC(NS(=O)(=O)c1ccccc1)c1ccc(C(=O)O)cc1. The number of benzene rings is 2. The van der Waals surface area contributed by atoms with Crippen LogP contribution in [0, 0.1) is 0 Å². The molecule has 0 saturated heterocycles. The minimum atomic E-state index is -3.61. The molecule has 0 aliphatic heterocycles. The standard InChI is InChI=1S/C16H17NO4S/c1-2-15(12-8-10-13(11-9-12)16(18)19)17-22(20,21)14-6-4-3-5-7-14/h3-11,15,17H,2H2,1H3,(H,18,19). The molecule has 0 aliphatic carbocycles. The fraction of sp³-hybridized carbons (Fsp3) is 0.188. The van der Waals surface area contributed by atoms with Gasteiger partial charge in [0.05, 0.1) is 10.5 Å². The molecule has 2 N–H and O–H groups in total. The molecular formula is C16H17NO4S. The highest BCUT2D eigenvalue weighted by molar-refractivity contribution is 7.89. The highest BCUT2D eigenvalue weighted by atomic mass is 32.2. The molecule has 0 spiro atoms. The van der Waals surface area contributed by atoms with Crippen molar-refractivity contribution >= 4 is 16.0 Å². The molecular weight excluding hydrogens is 302 g/mol. The molecule has 0 aliphatic rings. The molecule has 2 aromatic carbocycles. The van der Waals surface area contributed by atoms with Crippen LogP contribution >= 0.6 is 0 Å². The van der Waals surface area contributed by atoms with E-state index in [0.29, 0.717) is 6.42 Å². The molecule has 2 aromatic rings. The lowest BCUT2D eigenvalue weighted by atomic mass is 10.0. The van der Waals surface area contributed by atoms with Crippen molar-refractivity contribution in [3.05, 3.63) is 65.7 Å². The van der Waals surface area contributed by atoms with Gasteiger partial charge in [-0.15, -0.1) is 0 Å². The van der Waals surface area contributed by atoms with E-state index in [1.54, 1.807) is 30.3 Å². The number of aromatic carboxylic acids is 1. The number of nitrogens with one attached hydrogen (secondary N) is 1. The lowest BCUT2D eigenvalue weighted by Crippen LogP contribution is -2.28. The maximum atomic E-state index is 12.3. The Morgan fingerprint density at radius 2 is 1.68 bits per heavy atom. The predicted octanol–water partition coefficient (Wildman–Crippen LogP) is 2.81. The smallest absolute Gasteiger partial charge is 0.335 e. The van der Waals surface area contributed by atoms with Crippen molar-refractivity contribution in [2.75, 3.05) is 0 Å². The molecule has 22 heavy (non-hydrogen) atoms. The summed E-state index contributed by atoms with van der Waals surface area (Å²) in [5.74, 6) is -1.01. The van der Waals surface area contributed by atoms with Crippen LogP contribution in [0.3, 0.4) is 0 Å². The zero-order chi connectivity index (χ0) is 16.2. The van der Waals surface area contributed by atoms with E-state index in [-0.39, 0.29) is 10.5 Å². The minimum Gasteiger partial charge on any atom is -0.478 e. The molecule has 0 bridgehead atoms. The van der Waals surface area contributed by atoms with Crippen molar-refractivity contribution in [3.63, 3.8) is 0 Å². The molecule has 0 amide bonds. The van der Waals surface area contributed by atoms with E-state index in [1.165, 1.54) is 24.3 Å². The number of hydrogen-bond donors (Lipinski definition) is 2. The highest BCUT2D eigenvalue weighted by Gasteiger charge is 2.20. The summed E-state index contributed by atoms with van der Waals surface area (Å²) in [5.41, 5.74) is 0.900. The van der Waals surface area contributed by atoms with Gasteiger partial charge in [-0.2, -0.15) is 0 Å². The van der Waals surface area contributed by atoms with Crippen molar-refractivity contribution in [2.24, 2.45) is 0 Å². The Bertz CT molecular complexity index is 739. The van der Waals surface area contributed by atoms with Crippen LogP contribution in [-0.4, -0.2) is 19.5 Å². The van der Waals surface area contributed by atoms with E-state index in [4.69, 9.17) is 5.11 Å². The van der Waals surface area contributed by atoms with Crippen LogP contribution in [0.1, 0.15) is 35.3 Å². The topological polar surface area (TPSA) is 83.5 Å². The molecule has 1 unspecified atom stereocenters. The maximum Gasteiger partial charge on any atom is 0.335 e. The average Bonchev–Trinajstić information content (AvgIpc) is 2.53. The van der Waals surface area contributed by atoms with E-state index in [1.807, 2.05) is 6.92 Å². The Kier molecular flexibility index (Phi) is 4.95. The third kappa shape index (κ3) is 3.72. The molecule has 0 heterocycles. The number of rotatable bonds is 6. The summed E-state index contributed by atoms with van der Waals surface area (Å²) < 4.78 is 27.3. The van der Waals surface area contributed by atoms with Crippen LogP contribution in [0.4, 0.5) is 0 Å². The van der Waals surface area contributed by atoms with E-state index in [2.05, 4.69) is 4.72 Å². The van der Waals surface area contributed by atoms with Crippen LogP contribution in [0.15, 0.2) is 59.5 Å². The Labute approximate surface area is 129 Å². The second kappa shape index (κ2) is 6.72. The first-order valence-corrected chi connectivity index (χ1v) is 8.33. The van der Waals surface area contributed by atoms with Crippen LogP contribution in [0.5, 0.6) is 0 Å². The van der Waals surface area contributed by atoms with Gasteiger partial charge < -0.3 is 5.11 Å². The van der Waals surface area contributed by atoms with Crippen LogP contribution in [0.25, 0.3) is 0 Å². The molecule has 116 valence electrons. The Morgan fingerprint density at radius 3 is 2.18 bits per heavy atom. The van der Waals surface area contributed by atoms with Crippen molar-refractivity contribution in [2.45, 2.75) is 24.3 Å². The first-order chi connectivity index (χ1) is 10.4. The van der Waals surface area contributed by atoms with Gasteiger partial charge in [0.15, 0.2) is 0 Å². The lowest BCUT2D eigenvalue weighted by Gasteiger charge is -2.17. The van der Waals surface area contributed by atoms with Gasteiger partial charge in [-0.3, -0.25) is 0 Å². The number of carbonyl (C=O) groups is 1. The van der Waals surface area contributed by atoms with Crippen molar-refractivity contribution in [3.8, 4) is 0 Å². The molecule has 6 heteroatoms. The van der Waals surface area contributed by atoms with Gasteiger partial charge >= 0.3 is 5.97 Å². The number of hydrogen-bond acceptors (Lipinski definition) is 3. The second-order valence-electron chi connectivity index (χ2n) is 4.82. The normalized spacial score (nSPS) is 12.8. The molecule has 0 radical (unpaired) electrons. The van der Waals surface area contributed by atoms with Gasteiger partial charge in [0, 0.05) is 6.04 Å². The lowest BCUT2D eigenvalue weighted by molar-refractivity contribution is 0.0697. The zero-order valence-electron chi connectivity index (χ0n) is 12.1. The Balaban J connectivity index is 2.24. The second-order valence-corrected chi connectivity index (χ2v) is 6.54. The van der Waals surface area contributed by atoms with Crippen LogP contribution < -0.4 is 4.72 Å². The third-order valence-electron chi connectivity index (χ3n) is 3.32. The van der Waals surface area contributed by atoms with Gasteiger partial charge in [-0.1, -0.05) is 37.3 Å². The van der Waals surface area contributed by atoms with E-state index in [0.717, 1.165) is 5.56 Å². The fourth-order valence-corrected chi connectivity index (χ4v) is 3.43. The molecule has 5 nitrogen and oxygen atoms in total. The number of carboxylic acids is 1. The first kappa shape index (κ1) is 16.2. The molecule has 2 rings (SSSR count). The molecule has 0 fully saturated rings. The summed E-state index contributed by atoms with van der Waals surface area (Å²) >= 11 is 0. The highest BCUT2D eigenvalue weighted by Crippen LogP contribution is 2.20. The van der Waals surface area contributed by atoms with E-state index in [9.17, 15) is 13.2 Å². The molecule has 1 atom stereocenters. The monoisotopic (exact) mass is 319 g/mol. The van der Waals surface area contributed by atoms with Gasteiger partial charge in [-0.05, 0) is 36.2 Å². The maximum absolute atomic E-state index is 12.3. The molecule has 0 saturated carbocycles. The predicted molar refractivity (Wildman–Crippen MR) is 83.2 cm³/mol. The fourth-order valence-electron chi connectivity index (χ4n) is 2.10. The average molecular weight is 319 g/mol. The molecule has 0 aromatic heterocycles. The van der Waals surface area contributed by atoms with E-state index < -0.39 is 22.0 Å². The van der Waals surface area contributed by atoms with Gasteiger partial charge in [0.25, 0.3) is 0 Å². The largest absolute Gasteiger partial charge is 0.478 e. The summed E-state index contributed by atoms with van der Waals surface area (Å²) in [7, 11) is -3.61. The summed E-state index contributed by atoms with van der Waals surface area (Å²) in [4.78, 5) is 11.1. The van der Waals surface area contributed by atoms with Crippen molar-refractivity contribution in [1.29, 1.82) is 0 Å². The van der Waals surface area contributed by atoms with Gasteiger partial charge in [-0.25, -0.2) is 17.9 Å². The van der Waals surface area contributed by atoms with E-state index >= 15 is 0 Å². The Morgan fingerprint density at radius 1 is 1.09 bits per heavy atom. The summed E-state index contributed by atoms with van der Waals surface area (Å²) in [6.07, 6.45) is 0.554.